The molecule has 1 fully saturated rings. The molecule has 7 heteroatoms. The third-order valence-corrected chi connectivity index (χ3v) is 5.79. The van der Waals surface area contributed by atoms with Crippen molar-refractivity contribution in [1.82, 2.24) is 9.66 Å². The topological polar surface area (TPSA) is 74.9 Å². The van der Waals surface area contributed by atoms with E-state index in [1.54, 1.807) is 25.5 Å². The van der Waals surface area contributed by atoms with Gasteiger partial charge in [0.1, 0.15) is 11.6 Å². The summed E-state index contributed by atoms with van der Waals surface area (Å²) in [5.41, 5.74) is 1.27. The number of methoxy groups -OCH3 is 1. The van der Waals surface area contributed by atoms with Crippen LogP contribution in [0.3, 0.4) is 0 Å². The maximum Gasteiger partial charge on any atom is 0.282 e. The first-order valence-electron chi connectivity index (χ1n) is 10.3. The lowest BCUT2D eigenvalue weighted by molar-refractivity contribution is 0.174. The average molecular weight is 405 g/mol. The van der Waals surface area contributed by atoms with E-state index >= 15 is 0 Å². The van der Waals surface area contributed by atoms with Crippen LogP contribution in [0.15, 0.2) is 46.3 Å². The van der Waals surface area contributed by atoms with Crippen LogP contribution >= 0.6 is 0 Å². The number of aromatic nitrogens is 2. The van der Waals surface area contributed by atoms with Crippen LogP contribution in [-0.2, 0) is 0 Å². The molecule has 0 N–H and O–H groups in total. The molecule has 2 heterocycles. The first-order valence-corrected chi connectivity index (χ1v) is 10.3. The van der Waals surface area contributed by atoms with Crippen LogP contribution in [0.25, 0.3) is 10.9 Å². The third-order valence-electron chi connectivity index (χ3n) is 5.79. The highest BCUT2D eigenvalue weighted by molar-refractivity contribution is 5.85. The van der Waals surface area contributed by atoms with Gasteiger partial charge in [0.25, 0.3) is 5.56 Å². The van der Waals surface area contributed by atoms with E-state index in [0.717, 1.165) is 37.0 Å². The zero-order valence-corrected chi connectivity index (χ0v) is 16.8. The minimum Gasteiger partial charge on any atom is -0.496 e. The molecule has 0 bridgehead atoms. The van der Waals surface area contributed by atoms with E-state index in [4.69, 9.17) is 19.2 Å². The second kappa shape index (κ2) is 7.82. The molecule has 1 aliphatic carbocycles. The van der Waals surface area contributed by atoms with Crippen molar-refractivity contribution in [2.45, 2.75) is 38.0 Å². The summed E-state index contributed by atoms with van der Waals surface area (Å²) in [6.45, 7) is 0.180. The molecule has 7 nitrogen and oxygen atoms in total. The van der Waals surface area contributed by atoms with Gasteiger partial charge >= 0.3 is 0 Å². The molecule has 3 aromatic rings. The fourth-order valence-electron chi connectivity index (χ4n) is 4.21. The Kier molecular flexibility index (Phi) is 4.86. The lowest BCUT2D eigenvalue weighted by Crippen LogP contribution is -2.25. The smallest absolute Gasteiger partial charge is 0.282 e. The van der Waals surface area contributed by atoms with Crippen LogP contribution in [0.2, 0.25) is 0 Å². The fraction of sp³-hybridized carbons (Fsp3) is 0.348. The number of hydrogen-bond acceptors (Lipinski definition) is 6. The zero-order valence-electron chi connectivity index (χ0n) is 16.8. The fourth-order valence-corrected chi connectivity index (χ4v) is 4.21. The van der Waals surface area contributed by atoms with Crippen molar-refractivity contribution < 1.29 is 14.2 Å². The quantitative estimate of drug-likeness (QED) is 0.612. The average Bonchev–Trinajstić information content (AvgIpc) is 3.25. The maximum absolute atomic E-state index is 13.3. The molecule has 154 valence electrons. The summed E-state index contributed by atoms with van der Waals surface area (Å²) in [5.74, 6) is 2.83. The van der Waals surface area contributed by atoms with Gasteiger partial charge in [0.2, 0.25) is 6.79 Å². The van der Waals surface area contributed by atoms with Crippen LogP contribution in [-0.4, -0.2) is 29.8 Å². The molecule has 1 saturated carbocycles. The van der Waals surface area contributed by atoms with Gasteiger partial charge in [0, 0.05) is 17.5 Å². The highest BCUT2D eigenvalue weighted by Crippen LogP contribution is 2.37. The molecule has 2 aromatic carbocycles. The van der Waals surface area contributed by atoms with Crippen molar-refractivity contribution in [2.75, 3.05) is 13.9 Å². The van der Waals surface area contributed by atoms with Gasteiger partial charge in [-0.05, 0) is 31.0 Å². The highest BCUT2D eigenvalue weighted by Gasteiger charge is 2.23. The normalized spacial score (nSPS) is 16.4. The summed E-state index contributed by atoms with van der Waals surface area (Å²) in [6.07, 6.45) is 7.19. The third kappa shape index (κ3) is 3.30. The van der Waals surface area contributed by atoms with Crippen LogP contribution in [0.5, 0.6) is 17.2 Å². The predicted molar refractivity (Wildman–Crippen MR) is 114 cm³/mol. The van der Waals surface area contributed by atoms with E-state index in [1.165, 1.54) is 11.1 Å². The Morgan fingerprint density at radius 3 is 2.70 bits per heavy atom. The van der Waals surface area contributed by atoms with E-state index in [9.17, 15) is 4.79 Å². The van der Waals surface area contributed by atoms with Crippen molar-refractivity contribution >= 4 is 17.1 Å². The Morgan fingerprint density at radius 1 is 1.13 bits per heavy atom. The molecule has 1 aromatic heterocycles. The number of para-hydroxylation sites is 1. The number of fused-ring (bicyclic) bond motifs is 2. The number of rotatable bonds is 4. The second-order valence-electron chi connectivity index (χ2n) is 7.63. The Balaban J connectivity index is 1.63. The summed E-state index contributed by atoms with van der Waals surface area (Å²) in [6, 6.07) is 11.0. The van der Waals surface area contributed by atoms with Gasteiger partial charge in [-0.2, -0.15) is 9.78 Å². The molecule has 0 amide bonds. The molecule has 0 radical (unpaired) electrons. The summed E-state index contributed by atoms with van der Waals surface area (Å²) < 4.78 is 17.8. The molecule has 2 aliphatic rings. The van der Waals surface area contributed by atoms with Crippen molar-refractivity contribution in [3.63, 3.8) is 0 Å². The van der Waals surface area contributed by atoms with Crippen molar-refractivity contribution in [2.24, 2.45) is 5.10 Å². The lowest BCUT2D eigenvalue weighted by atomic mass is 9.88. The van der Waals surface area contributed by atoms with Crippen LogP contribution in [0, 0.1) is 0 Å². The first-order chi connectivity index (χ1) is 14.7. The number of benzene rings is 2. The van der Waals surface area contributed by atoms with Gasteiger partial charge in [0.15, 0.2) is 11.5 Å². The van der Waals surface area contributed by atoms with Crippen molar-refractivity contribution in [3.05, 3.63) is 58.1 Å². The zero-order chi connectivity index (χ0) is 20.5. The Bertz CT molecular complexity index is 1180. The van der Waals surface area contributed by atoms with Gasteiger partial charge in [-0.15, -0.1) is 0 Å². The standard InChI is InChI=1S/C23H23N3O4/c1-28-19-12-21-20(29-14-30-21)11-16(19)13-24-26-22(15-7-3-2-4-8-15)25-18-10-6-5-9-17(18)23(26)27/h5-6,9-13,15H,2-4,7-8,14H2,1H3. The molecule has 1 aliphatic heterocycles. The molecule has 30 heavy (non-hydrogen) atoms. The van der Waals surface area contributed by atoms with Crippen LogP contribution in [0.1, 0.15) is 49.4 Å². The van der Waals surface area contributed by atoms with Gasteiger partial charge < -0.3 is 14.2 Å². The predicted octanol–water partition coefficient (Wildman–Crippen LogP) is 4.06. The monoisotopic (exact) mass is 405 g/mol. The van der Waals surface area contributed by atoms with Gasteiger partial charge in [-0.3, -0.25) is 4.79 Å². The largest absolute Gasteiger partial charge is 0.496 e. The first kappa shape index (κ1) is 18.7. The second-order valence-corrected chi connectivity index (χ2v) is 7.63. The number of hydrogen-bond donors (Lipinski definition) is 0. The van der Waals surface area contributed by atoms with E-state index in [-0.39, 0.29) is 18.3 Å². The van der Waals surface area contributed by atoms with Crippen molar-refractivity contribution in [3.8, 4) is 17.2 Å². The summed E-state index contributed by atoms with van der Waals surface area (Å²) in [4.78, 5) is 18.1. The minimum absolute atomic E-state index is 0.155. The molecule has 0 atom stereocenters. The van der Waals surface area contributed by atoms with E-state index in [0.29, 0.717) is 28.2 Å². The van der Waals surface area contributed by atoms with Gasteiger partial charge in [-0.1, -0.05) is 31.4 Å². The van der Waals surface area contributed by atoms with Crippen molar-refractivity contribution in [1.29, 1.82) is 0 Å². The van der Waals surface area contributed by atoms with Crippen LogP contribution < -0.4 is 19.8 Å². The SMILES string of the molecule is COc1cc2c(cc1C=Nn1c(C3CCCCC3)nc3ccccc3c1=O)OCO2. The summed E-state index contributed by atoms with van der Waals surface area (Å²) >= 11 is 0. The number of nitrogens with zero attached hydrogens (tertiary/aromatic N) is 3. The van der Waals surface area contributed by atoms with E-state index in [2.05, 4.69) is 5.10 Å². The molecular formula is C23H23N3O4. The molecular weight excluding hydrogens is 382 g/mol. The lowest BCUT2D eigenvalue weighted by Gasteiger charge is -2.22. The van der Waals surface area contributed by atoms with Gasteiger partial charge in [0.05, 0.1) is 24.2 Å². The summed E-state index contributed by atoms with van der Waals surface area (Å²) in [7, 11) is 1.59. The molecule has 0 unspecified atom stereocenters. The Hall–Kier alpha value is -3.35. The molecule has 0 saturated heterocycles. The summed E-state index contributed by atoms with van der Waals surface area (Å²) in [5, 5.41) is 5.14. The van der Waals surface area contributed by atoms with E-state index < -0.39 is 0 Å². The highest BCUT2D eigenvalue weighted by atomic mass is 16.7. The molecule has 0 spiro atoms. The molecule has 5 rings (SSSR count). The number of ether oxygens (including phenoxy) is 3. The van der Waals surface area contributed by atoms with Gasteiger partial charge in [-0.25, -0.2) is 4.98 Å². The Morgan fingerprint density at radius 2 is 1.90 bits per heavy atom. The van der Waals surface area contributed by atoms with E-state index in [1.807, 2.05) is 24.3 Å². The maximum atomic E-state index is 13.3. The van der Waals surface area contributed by atoms with Crippen LogP contribution in [0.4, 0.5) is 0 Å². The Labute approximate surface area is 173 Å². The minimum atomic E-state index is -0.155.